The van der Waals surface area contributed by atoms with Gasteiger partial charge in [-0.1, -0.05) is 27.2 Å². The average molecular weight is 266 g/mol. The standard InChI is InChI=1S/C16H30N2O/c1-11(2)14-5-4-12(3)8-15(14)18-16(19)9-13-6-7-17-10-13/h11-15,17H,4-10H2,1-3H3,(H,18,19). The van der Waals surface area contributed by atoms with Crippen LogP contribution in [0.15, 0.2) is 0 Å². The minimum atomic E-state index is 0.276. The highest BCUT2D eigenvalue weighted by Gasteiger charge is 2.32. The van der Waals surface area contributed by atoms with E-state index < -0.39 is 0 Å². The summed E-state index contributed by atoms with van der Waals surface area (Å²) in [5.41, 5.74) is 0. The van der Waals surface area contributed by atoms with Crippen LogP contribution >= 0.6 is 0 Å². The minimum Gasteiger partial charge on any atom is -0.353 e. The van der Waals surface area contributed by atoms with Gasteiger partial charge in [-0.15, -0.1) is 0 Å². The van der Waals surface area contributed by atoms with Gasteiger partial charge in [-0.2, -0.15) is 0 Å². The second-order valence-corrected chi connectivity index (χ2v) is 7.06. The first-order valence-corrected chi connectivity index (χ1v) is 8.06. The van der Waals surface area contributed by atoms with Crippen molar-refractivity contribution in [2.24, 2.45) is 23.7 Å². The molecule has 2 fully saturated rings. The Morgan fingerprint density at radius 1 is 1.32 bits per heavy atom. The molecule has 1 saturated carbocycles. The van der Waals surface area contributed by atoms with Gasteiger partial charge in [0.2, 0.25) is 5.91 Å². The van der Waals surface area contributed by atoms with Crippen molar-refractivity contribution >= 4 is 5.91 Å². The molecule has 0 spiro atoms. The van der Waals surface area contributed by atoms with Crippen molar-refractivity contribution in [2.45, 2.75) is 58.9 Å². The smallest absolute Gasteiger partial charge is 0.220 e. The molecule has 0 bridgehead atoms. The highest BCUT2D eigenvalue weighted by atomic mass is 16.1. The third-order valence-corrected chi connectivity index (χ3v) is 5.01. The summed E-state index contributed by atoms with van der Waals surface area (Å²) < 4.78 is 0. The predicted molar refractivity (Wildman–Crippen MR) is 78.9 cm³/mol. The summed E-state index contributed by atoms with van der Waals surface area (Å²) in [6.07, 6.45) is 5.62. The largest absolute Gasteiger partial charge is 0.353 e. The number of rotatable bonds is 4. The molecule has 2 N–H and O–H groups in total. The van der Waals surface area contributed by atoms with Crippen LogP contribution in [-0.2, 0) is 4.79 Å². The fourth-order valence-corrected chi connectivity index (χ4v) is 3.78. The third kappa shape index (κ3) is 4.20. The van der Waals surface area contributed by atoms with Crippen LogP contribution in [-0.4, -0.2) is 25.0 Å². The van der Waals surface area contributed by atoms with Crippen molar-refractivity contribution < 1.29 is 4.79 Å². The average Bonchev–Trinajstić information content (AvgIpc) is 2.81. The van der Waals surface area contributed by atoms with Crippen molar-refractivity contribution in [2.75, 3.05) is 13.1 Å². The van der Waals surface area contributed by atoms with E-state index >= 15 is 0 Å². The zero-order valence-corrected chi connectivity index (χ0v) is 12.7. The number of nitrogens with one attached hydrogen (secondary N) is 2. The first-order chi connectivity index (χ1) is 9.06. The Labute approximate surface area is 117 Å². The van der Waals surface area contributed by atoms with E-state index in [9.17, 15) is 4.79 Å². The lowest BCUT2D eigenvalue weighted by atomic mass is 9.74. The molecule has 19 heavy (non-hydrogen) atoms. The van der Waals surface area contributed by atoms with Gasteiger partial charge in [-0.25, -0.2) is 0 Å². The second-order valence-electron chi connectivity index (χ2n) is 7.06. The molecule has 0 radical (unpaired) electrons. The van der Waals surface area contributed by atoms with Crippen molar-refractivity contribution in [1.82, 2.24) is 10.6 Å². The van der Waals surface area contributed by atoms with Crippen LogP contribution in [0.1, 0.15) is 52.9 Å². The van der Waals surface area contributed by atoms with Crippen molar-refractivity contribution in [3.8, 4) is 0 Å². The van der Waals surface area contributed by atoms with E-state index in [2.05, 4.69) is 31.4 Å². The normalized spacial score (nSPS) is 35.6. The number of hydrogen-bond donors (Lipinski definition) is 2. The molecule has 0 aromatic carbocycles. The van der Waals surface area contributed by atoms with E-state index in [1.807, 2.05) is 0 Å². The fraction of sp³-hybridized carbons (Fsp3) is 0.938. The highest BCUT2D eigenvalue weighted by molar-refractivity contribution is 5.76. The van der Waals surface area contributed by atoms with Crippen LogP contribution in [0.2, 0.25) is 0 Å². The molecule has 1 aliphatic carbocycles. The fourth-order valence-electron chi connectivity index (χ4n) is 3.78. The Morgan fingerprint density at radius 3 is 2.74 bits per heavy atom. The lowest BCUT2D eigenvalue weighted by Gasteiger charge is -2.38. The molecule has 1 heterocycles. The number of carbonyl (C=O) groups is 1. The number of hydrogen-bond acceptors (Lipinski definition) is 2. The van der Waals surface area contributed by atoms with Crippen LogP contribution in [0.3, 0.4) is 0 Å². The van der Waals surface area contributed by atoms with Crippen LogP contribution in [0, 0.1) is 23.7 Å². The first-order valence-electron chi connectivity index (χ1n) is 8.06. The van der Waals surface area contributed by atoms with Crippen LogP contribution in [0.25, 0.3) is 0 Å². The molecule has 1 amide bonds. The van der Waals surface area contributed by atoms with Gasteiger partial charge < -0.3 is 10.6 Å². The predicted octanol–water partition coefficient (Wildman–Crippen LogP) is 2.56. The Kier molecular flexibility index (Phi) is 5.26. The van der Waals surface area contributed by atoms with E-state index in [1.54, 1.807) is 0 Å². The number of carbonyl (C=O) groups excluding carboxylic acids is 1. The summed E-state index contributed by atoms with van der Waals surface area (Å²) in [6, 6.07) is 0.408. The summed E-state index contributed by atoms with van der Waals surface area (Å²) in [5.74, 6) is 2.93. The van der Waals surface area contributed by atoms with E-state index in [1.165, 1.54) is 12.8 Å². The molecule has 4 unspecified atom stereocenters. The zero-order chi connectivity index (χ0) is 13.8. The van der Waals surface area contributed by atoms with Gasteiger partial charge in [-0.05, 0) is 56.0 Å². The summed E-state index contributed by atoms with van der Waals surface area (Å²) in [6.45, 7) is 8.99. The lowest BCUT2D eigenvalue weighted by Crippen LogP contribution is -2.46. The molecule has 2 rings (SSSR count). The maximum atomic E-state index is 12.2. The van der Waals surface area contributed by atoms with Gasteiger partial charge >= 0.3 is 0 Å². The second kappa shape index (κ2) is 6.74. The molecule has 1 saturated heterocycles. The van der Waals surface area contributed by atoms with Gasteiger partial charge in [-0.3, -0.25) is 4.79 Å². The molecule has 3 heteroatoms. The van der Waals surface area contributed by atoms with Gasteiger partial charge in [0.15, 0.2) is 0 Å². The summed E-state index contributed by atoms with van der Waals surface area (Å²) in [7, 11) is 0. The van der Waals surface area contributed by atoms with Crippen LogP contribution < -0.4 is 10.6 Å². The monoisotopic (exact) mass is 266 g/mol. The summed E-state index contributed by atoms with van der Waals surface area (Å²) >= 11 is 0. The Bertz CT molecular complexity index is 297. The Balaban J connectivity index is 1.85. The quantitative estimate of drug-likeness (QED) is 0.821. The number of amides is 1. The Hall–Kier alpha value is -0.570. The molecule has 0 aromatic heterocycles. The van der Waals surface area contributed by atoms with Crippen LogP contribution in [0.4, 0.5) is 0 Å². The SMILES string of the molecule is CC1CCC(C(C)C)C(NC(=O)CC2CCNC2)C1. The highest BCUT2D eigenvalue weighted by Crippen LogP contribution is 2.33. The van der Waals surface area contributed by atoms with E-state index in [0.29, 0.717) is 30.2 Å². The van der Waals surface area contributed by atoms with Crippen molar-refractivity contribution in [3.05, 3.63) is 0 Å². The van der Waals surface area contributed by atoms with Gasteiger partial charge in [0, 0.05) is 12.5 Å². The van der Waals surface area contributed by atoms with E-state index in [-0.39, 0.29) is 5.91 Å². The van der Waals surface area contributed by atoms with Gasteiger partial charge in [0.05, 0.1) is 0 Å². The first kappa shape index (κ1) is 14.8. The van der Waals surface area contributed by atoms with E-state index in [0.717, 1.165) is 31.8 Å². The van der Waals surface area contributed by atoms with E-state index in [4.69, 9.17) is 0 Å². The lowest BCUT2D eigenvalue weighted by molar-refractivity contribution is -0.123. The molecular formula is C16H30N2O. The Morgan fingerprint density at radius 2 is 2.11 bits per heavy atom. The molecule has 0 aromatic rings. The van der Waals surface area contributed by atoms with Crippen molar-refractivity contribution in [1.29, 1.82) is 0 Å². The third-order valence-electron chi connectivity index (χ3n) is 5.01. The molecule has 1 aliphatic heterocycles. The van der Waals surface area contributed by atoms with Gasteiger partial charge in [0.1, 0.15) is 0 Å². The maximum Gasteiger partial charge on any atom is 0.220 e. The molecule has 110 valence electrons. The molecule has 2 aliphatic rings. The van der Waals surface area contributed by atoms with Crippen molar-refractivity contribution in [3.63, 3.8) is 0 Å². The van der Waals surface area contributed by atoms with Gasteiger partial charge in [0.25, 0.3) is 0 Å². The zero-order valence-electron chi connectivity index (χ0n) is 12.7. The maximum absolute atomic E-state index is 12.2. The topological polar surface area (TPSA) is 41.1 Å². The molecule has 4 atom stereocenters. The van der Waals surface area contributed by atoms with Crippen LogP contribution in [0.5, 0.6) is 0 Å². The summed E-state index contributed by atoms with van der Waals surface area (Å²) in [5, 5.41) is 6.68. The molecule has 3 nitrogen and oxygen atoms in total. The minimum absolute atomic E-state index is 0.276. The summed E-state index contributed by atoms with van der Waals surface area (Å²) in [4.78, 5) is 12.2. The molecular weight excluding hydrogens is 236 g/mol.